The lowest BCUT2D eigenvalue weighted by atomic mass is 9.89. The molecular formula is C12H19N2+. The van der Waals surface area contributed by atoms with Crippen LogP contribution in [0.1, 0.15) is 24.3 Å². The summed E-state index contributed by atoms with van der Waals surface area (Å²) >= 11 is 0. The molecular weight excluding hydrogens is 172 g/mol. The minimum absolute atomic E-state index is 0.768. The summed E-state index contributed by atoms with van der Waals surface area (Å²) in [6.45, 7) is 2.60. The lowest BCUT2D eigenvalue weighted by molar-refractivity contribution is -0.895. The molecule has 0 atom stereocenters. The van der Waals surface area contributed by atoms with Gasteiger partial charge in [0.25, 0.3) is 0 Å². The van der Waals surface area contributed by atoms with Crippen molar-refractivity contribution < 1.29 is 4.48 Å². The summed E-state index contributed by atoms with van der Waals surface area (Å²) in [5.41, 5.74) is 1.47. The van der Waals surface area contributed by atoms with Crippen LogP contribution in [0.4, 0.5) is 0 Å². The Kier molecular flexibility index (Phi) is 2.55. The topological polar surface area (TPSA) is 12.9 Å². The van der Waals surface area contributed by atoms with E-state index in [2.05, 4.69) is 31.2 Å². The summed E-state index contributed by atoms with van der Waals surface area (Å²) in [4.78, 5) is 4.06. The van der Waals surface area contributed by atoms with Crippen LogP contribution in [0.3, 0.4) is 0 Å². The first-order valence-electron chi connectivity index (χ1n) is 5.39. The van der Waals surface area contributed by atoms with E-state index in [1.54, 1.807) is 0 Å². The summed E-state index contributed by atoms with van der Waals surface area (Å²) in [6, 6.07) is 4.33. The third kappa shape index (κ3) is 2.13. The Morgan fingerprint density at radius 1 is 1.14 bits per heavy atom. The number of nitrogens with zero attached hydrogens (tertiary/aromatic N) is 2. The fraction of sp³-hybridized carbons (Fsp3) is 0.583. The van der Waals surface area contributed by atoms with Gasteiger partial charge in [-0.1, -0.05) is 0 Å². The van der Waals surface area contributed by atoms with Gasteiger partial charge in [-0.2, -0.15) is 0 Å². The van der Waals surface area contributed by atoms with Crippen molar-refractivity contribution in [3.63, 3.8) is 0 Å². The zero-order valence-electron chi connectivity index (χ0n) is 9.11. The van der Waals surface area contributed by atoms with E-state index in [1.165, 1.54) is 36.0 Å². The van der Waals surface area contributed by atoms with E-state index in [0.717, 1.165) is 5.92 Å². The average Bonchev–Trinajstić information content (AvgIpc) is 2.19. The van der Waals surface area contributed by atoms with E-state index in [0.29, 0.717) is 0 Å². The van der Waals surface area contributed by atoms with Crippen LogP contribution in [0.25, 0.3) is 0 Å². The molecule has 2 heterocycles. The molecule has 0 spiro atoms. The Labute approximate surface area is 86.2 Å². The predicted molar refractivity (Wildman–Crippen MR) is 58.1 cm³/mol. The second-order valence-electron chi connectivity index (χ2n) is 4.94. The molecule has 2 heteroatoms. The van der Waals surface area contributed by atoms with Crippen LogP contribution < -0.4 is 0 Å². The van der Waals surface area contributed by atoms with Crippen LogP contribution in [0, 0.1) is 0 Å². The maximum absolute atomic E-state index is 4.06. The second kappa shape index (κ2) is 3.70. The number of quaternary nitrogens is 1. The van der Waals surface area contributed by atoms with Crippen LogP contribution in [-0.4, -0.2) is 36.7 Å². The first kappa shape index (κ1) is 9.66. The van der Waals surface area contributed by atoms with Crippen molar-refractivity contribution in [2.24, 2.45) is 0 Å². The molecule has 14 heavy (non-hydrogen) atoms. The second-order valence-corrected chi connectivity index (χ2v) is 4.94. The van der Waals surface area contributed by atoms with E-state index >= 15 is 0 Å². The van der Waals surface area contributed by atoms with Crippen LogP contribution >= 0.6 is 0 Å². The quantitative estimate of drug-likeness (QED) is 0.619. The Hall–Kier alpha value is -0.890. The highest BCUT2D eigenvalue weighted by Gasteiger charge is 2.26. The highest BCUT2D eigenvalue weighted by Crippen LogP contribution is 2.28. The Bertz CT molecular complexity index is 282. The Morgan fingerprint density at radius 2 is 1.71 bits per heavy atom. The molecule has 0 aliphatic carbocycles. The third-order valence-corrected chi connectivity index (χ3v) is 3.34. The molecule has 0 radical (unpaired) electrons. The van der Waals surface area contributed by atoms with Gasteiger partial charge in [0.1, 0.15) is 0 Å². The minimum atomic E-state index is 0.768. The standard InChI is InChI=1S/C12H19N2/c1-14(2)9-5-12(6-10-14)11-3-7-13-8-4-11/h3-4,7-8,12H,5-6,9-10H2,1-2H3/q+1. The molecule has 2 rings (SSSR count). The summed E-state index contributed by atoms with van der Waals surface area (Å²) < 4.78 is 1.18. The number of rotatable bonds is 1. The van der Waals surface area contributed by atoms with Gasteiger partial charge in [-0.15, -0.1) is 0 Å². The normalized spacial score (nSPS) is 22.1. The highest BCUT2D eigenvalue weighted by molar-refractivity contribution is 5.15. The minimum Gasteiger partial charge on any atom is -0.328 e. The largest absolute Gasteiger partial charge is 0.328 e. The van der Waals surface area contributed by atoms with Crippen LogP contribution in [0.15, 0.2) is 24.5 Å². The van der Waals surface area contributed by atoms with Crippen LogP contribution in [0.2, 0.25) is 0 Å². The number of hydrogen-bond donors (Lipinski definition) is 0. The molecule has 1 aliphatic heterocycles. The molecule has 0 unspecified atom stereocenters. The first-order chi connectivity index (χ1) is 6.67. The smallest absolute Gasteiger partial charge is 0.0788 e. The third-order valence-electron chi connectivity index (χ3n) is 3.34. The van der Waals surface area contributed by atoms with E-state index in [1.807, 2.05) is 12.4 Å². The molecule has 1 fully saturated rings. The summed E-state index contributed by atoms with van der Waals surface area (Å²) in [6.07, 6.45) is 6.45. The number of aromatic nitrogens is 1. The van der Waals surface area contributed by atoms with E-state index in [-0.39, 0.29) is 0 Å². The molecule has 0 aromatic carbocycles. The Balaban J connectivity index is 2.03. The maximum Gasteiger partial charge on any atom is 0.0788 e. The predicted octanol–water partition coefficient (Wildman–Crippen LogP) is 2.04. The fourth-order valence-corrected chi connectivity index (χ4v) is 2.24. The van der Waals surface area contributed by atoms with Crippen molar-refractivity contribution in [3.05, 3.63) is 30.1 Å². The zero-order valence-corrected chi connectivity index (χ0v) is 9.11. The van der Waals surface area contributed by atoms with Gasteiger partial charge in [-0.3, -0.25) is 4.98 Å². The monoisotopic (exact) mass is 191 g/mol. The van der Waals surface area contributed by atoms with Crippen LogP contribution in [-0.2, 0) is 0 Å². The lowest BCUT2D eigenvalue weighted by Gasteiger charge is -2.37. The fourth-order valence-electron chi connectivity index (χ4n) is 2.24. The van der Waals surface area contributed by atoms with Crippen molar-refractivity contribution in [2.45, 2.75) is 18.8 Å². The molecule has 0 amide bonds. The van der Waals surface area contributed by atoms with Crippen molar-refractivity contribution in [2.75, 3.05) is 27.2 Å². The van der Waals surface area contributed by atoms with Crippen molar-refractivity contribution in [1.29, 1.82) is 0 Å². The molecule has 0 N–H and O–H groups in total. The van der Waals surface area contributed by atoms with Gasteiger partial charge >= 0.3 is 0 Å². The lowest BCUT2D eigenvalue weighted by Crippen LogP contribution is -2.45. The van der Waals surface area contributed by atoms with Gasteiger partial charge in [-0.25, -0.2) is 0 Å². The van der Waals surface area contributed by atoms with E-state index in [4.69, 9.17) is 0 Å². The molecule has 1 aliphatic rings. The van der Waals surface area contributed by atoms with Crippen molar-refractivity contribution >= 4 is 0 Å². The number of likely N-dealkylation sites (tertiary alicyclic amines) is 1. The van der Waals surface area contributed by atoms with Crippen LogP contribution in [0.5, 0.6) is 0 Å². The van der Waals surface area contributed by atoms with Gasteiger partial charge in [0.15, 0.2) is 0 Å². The molecule has 1 aromatic heterocycles. The van der Waals surface area contributed by atoms with Crippen molar-refractivity contribution in [1.82, 2.24) is 4.98 Å². The van der Waals surface area contributed by atoms with Gasteiger partial charge < -0.3 is 4.48 Å². The number of pyridine rings is 1. The summed E-state index contributed by atoms with van der Waals surface area (Å²) in [5, 5.41) is 0. The van der Waals surface area contributed by atoms with Gasteiger partial charge in [0.05, 0.1) is 27.2 Å². The van der Waals surface area contributed by atoms with Gasteiger partial charge in [-0.05, 0) is 23.6 Å². The molecule has 2 nitrogen and oxygen atoms in total. The van der Waals surface area contributed by atoms with E-state index in [9.17, 15) is 0 Å². The molecule has 1 aromatic rings. The number of piperidine rings is 1. The number of hydrogen-bond acceptors (Lipinski definition) is 1. The summed E-state index contributed by atoms with van der Waals surface area (Å²) in [5.74, 6) is 0.768. The summed E-state index contributed by atoms with van der Waals surface area (Å²) in [7, 11) is 4.64. The van der Waals surface area contributed by atoms with Gasteiger partial charge in [0, 0.05) is 25.2 Å². The van der Waals surface area contributed by atoms with E-state index < -0.39 is 0 Å². The van der Waals surface area contributed by atoms with Gasteiger partial charge in [0.2, 0.25) is 0 Å². The molecule has 0 saturated carbocycles. The highest BCUT2D eigenvalue weighted by atomic mass is 15.3. The molecule has 76 valence electrons. The maximum atomic E-state index is 4.06. The zero-order chi connectivity index (χ0) is 10.0. The van der Waals surface area contributed by atoms with Crippen molar-refractivity contribution in [3.8, 4) is 0 Å². The SMILES string of the molecule is C[N+]1(C)CCC(c2ccncc2)CC1. The average molecular weight is 191 g/mol. The first-order valence-corrected chi connectivity index (χ1v) is 5.39. The Morgan fingerprint density at radius 3 is 2.29 bits per heavy atom. The molecule has 1 saturated heterocycles. The molecule has 0 bridgehead atoms.